The largest absolute Gasteiger partial charge is 0.295 e. The van der Waals surface area contributed by atoms with Crippen molar-refractivity contribution in [3.8, 4) is 0 Å². The number of carbonyl (C=O) groups is 1. The molecule has 3 heteroatoms. The summed E-state index contributed by atoms with van der Waals surface area (Å²) in [7, 11) is 0. The molecule has 2 aromatic carbocycles. The summed E-state index contributed by atoms with van der Waals surface area (Å²) < 4.78 is 2.19. The maximum absolute atomic E-state index is 12.7. The molecule has 0 bridgehead atoms. The van der Waals surface area contributed by atoms with Crippen LogP contribution in [0.15, 0.2) is 51.4 Å². The number of carbonyl (C=O) groups excluding carboxylic acids is 1. The van der Waals surface area contributed by atoms with Gasteiger partial charge in [-0.25, -0.2) is 0 Å². The molecule has 0 spiro atoms. The molecule has 0 N–H and O–H groups in total. The first-order chi connectivity index (χ1) is 13.6. The summed E-state index contributed by atoms with van der Waals surface area (Å²) in [6, 6.07) is 12.9. The Morgan fingerprint density at radius 1 is 0.862 bits per heavy atom. The number of halogens is 2. The second kappa shape index (κ2) is 7.50. The van der Waals surface area contributed by atoms with Crippen molar-refractivity contribution in [2.24, 2.45) is 0 Å². The van der Waals surface area contributed by atoms with E-state index in [1.54, 1.807) is 0 Å². The number of allylic oxidation sites excluding steroid dienone is 2. The summed E-state index contributed by atoms with van der Waals surface area (Å²) in [5.74, 6) is 0.423. The number of hydrogen-bond donors (Lipinski definition) is 0. The highest BCUT2D eigenvalue weighted by atomic mass is 79.9. The van der Waals surface area contributed by atoms with E-state index >= 15 is 0 Å². The number of rotatable bonds is 2. The Morgan fingerprint density at radius 3 is 2.14 bits per heavy atom. The molecule has 0 aromatic heterocycles. The lowest BCUT2D eigenvalue weighted by Crippen LogP contribution is -2.34. The van der Waals surface area contributed by atoms with Gasteiger partial charge >= 0.3 is 0 Å². The number of hydrogen-bond acceptors (Lipinski definition) is 1. The Balaban J connectivity index is 1.77. The van der Waals surface area contributed by atoms with Crippen molar-refractivity contribution in [2.75, 3.05) is 0 Å². The average Bonchev–Trinajstić information content (AvgIpc) is 2.65. The van der Waals surface area contributed by atoms with E-state index < -0.39 is 0 Å². The molecular weight excluding hydrogens is 488 g/mol. The van der Waals surface area contributed by atoms with Gasteiger partial charge in [-0.2, -0.15) is 0 Å². The highest BCUT2D eigenvalue weighted by molar-refractivity contribution is 9.10. The van der Waals surface area contributed by atoms with Gasteiger partial charge in [-0.05, 0) is 82.0 Å². The first-order valence-corrected chi connectivity index (χ1v) is 12.0. The molecule has 152 valence electrons. The lowest BCUT2D eigenvalue weighted by Gasteiger charge is -2.42. The standard InChI is InChI=1S/C26H28Br2O/c1-25(2)9-10-26(3,4)22-15-24(28)20(14-21(22)25)17-11-16(12-18(29)13-17)19-7-5-6-8-23(19)27/h5-8,12,14-15,17H,9-11,13H2,1-4H3. The highest BCUT2D eigenvalue weighted by Gasteiger charge is 2.38. The molecule has 29 heavy (non-hydrogen) atoms. The van der Waals surface area contributed by atoms with Crippen LogP contribution in [-0.4, -0.2) is 5.78 Å². The Hall–Kier alpha value is -1.19. The molecule has 1 unspecified atom stereocenters. The monoisotopic (exact) mass is 514 g/mol. The van der Waals surface area contributed by atoms with Crippen LogP contribution in [0.1, 0.15) is 81.5 Å². The van der Waals surface area contributed by atoms with Gasteiger partial charge in [0.1, 0.15) is 0 Å². The molecule has 1 atom stereocenters. The van der Waals surface area contributed by atoms with Crippen molar-refractivity contribution in [2.45, 2.75) is 70.1 Å². The number of ketones is 1. The molecule has 2 aliphatic rings. The first-order valence-electron chi connectivity index (χ1n) is 10.4. The van der Waals surface area contributed by atoms with Gasteiger partial charge < -0.3 is 0 Å². The molecule has 2 aromatic rings. The minimum atomic E-state index is 0.167. The molecular formula is C26H28Br2O. The Kier molecular flexibility index (Phi) is 5.44. The van der Waals surface area contributed by atoms with E-state index in [4.69, 9.17) is 0 Å². The lowest BCUT2D eigenvalue weighted by molar-refractivity contribution is -0.115. The van der Waals surface area contributed by atoms with Crippen LogP contribution in [-0.2, 0) is 15.6 Å². The lowest BCUT2D eigenvalue weighted by atomic mass is 9.62. The molecule has 2 aliphatic carbocycles. The number of fused-ring (bicyclic) bond motifs is 1. The van der Waals surface area contributed by atoms with Crippen molar-refractivity contribution in [1.29, 1.82) is 0 Å². The van der Waals surface area contributed by atoms with Crippen LogP contribution in [0.3, 0.4) is 0 Å². The van der Waals surface area contributed by atoms with Crippen molar-refractivity contribution in [3.05, 3.63) is 73.7 Å². The van der Waals surface area contributed by atoms with Gasteiger partial charge in [-0.1, -0.05) is 83.8 Å². The van der Waals surface area contributed by atoms with Crippen LogP contribution < -0.4 is 0 Å². The minimum Gasteiger partial charge on any atom is -0.295 e. The quantitative estimate of drug-likeness (QED) is 0.395. The highest BCUT2D eigenvalue weighted by Crippen LogP contribution is 2.49. The molecule has 1 nitrogen and oxygen atoms in total. The molecule has 0 amide bonds. The van der Waals surface area contributed by atoms with E-state index in [-0.39, 0.29) is 22.5 Å². The second-order valence-corrected chi connectivity index (χ2v) is 11.6. The van der Waals surface area contributed by atoms with E-state index in [1.807, 2.05) is 24.3 Å². The second-order valence-electron chi connectivity index (χ2n) is 9.91. The topological polar surface area (TPSA) is 17.1 Å². The molecule has 0 fully saturated rings. The summed E-state index contributed by atoms with van der Waals surface area (Å²) in [6.45, 7) is 9.42. The summed E-state index contributed by atoms with van der Waals surface area (Å²) in [5, 5.41) is 0. The fourth-order valence-corrected chi connectivity index (χ4v) is 6.15. The molecule has 0 heterocycles. The van der Waals surface area contributed by atoms with E-state index in [9.17, 15) is 4.79 Å². The zero-order chi connectivity index (χ0) is 21.0. The summed E-state index contributed by atoms with van der Waals surface area (Å²) in [4.78, 5) is 12.7. The van der Waals surface area contributed by atoms with E-state index in [0.717, 1.165) is 26.5 Å². The van der Waals surface area contributed by atoms with Crippen LogP contribution in [0, 0.1) is 0 Å². The molecule has 4 rings (SSSR count). The van der Waals surface area contributed by atoms with Gasteiger partial charge in [-0.15, -0.1) is 0 Å². The maximum atomic E-state index is 12.7. The molecule has 0 radical (unpaired) electrons. The normalized spacial score (nSPS) is 22.8. The van der Waals surface area contributed by atoms with Crippen LogP contribution >= 0.6 is 31.9 Å². The fourth-order valence-electron chi connectivity index (χ4n) is 4.94. The molecule has 0 saturated carbocycles. The smallest absolute Gasteiger partial charge is 0.156 e. The van der Waals surface area contributed by atoms with Gasteiger partial charge in [0.2, 0.25) is 0 Å². The maximum Gasteiger partial charge on any atom is 0.156 e. The third kappa shape index (κ3) is 3.93. The fraction of sp³-hybridized carbons (Fsp3) is 0.423. The summed E-state index contributed by atoms with van der Waals surface area (Å²) in [5.41, 5.74) is 6.79. The zero-order valence-electron chi connectivity index (χ0n) is 17.6. The first kappa shape index (κ1) is 21.1. The van der Waals surface area contributed by atoms with Crippen LogP contribution in [0.5, 0.6) is 0 Å². The molecule has 0 saturated heterocycles. The Bertz CT molecular complexity index is 1010. The van der Waals surface area contributed by atoms with Crippen LogP contribution in [0.2, 0.25) is 0 Å². The molecule has 0 aliphatic heterocycles. The van der Waals surface area contributed by atoms with E-state index in [0.29, 0.717) is 6.42 Å². The Morgan fingerprint density at radius 2 is 1.48 bits per heavy atom. The van der Waals surface area contributed by atoms with Crippen LogP contribution in [0.4, 0.5) is 0 Å². The predicted molar refractivity (Wildman–Crippen MR) is 129 cm³/mol. The van der Waals surface area contributed by atoms with Gasteiger partial charge in [0.15, 0.2) is 5.78 Å². The predicted octanol–water partition coefficient (Wildman–Crippen LogP) is 8.09. The van der Waals surface area contributed by atoms with Gasteiger partial charge in [0.05, 0.1) is 0 Å². The summed E-state index contributed by atoms with van der Waals surface area (Å²) in [6.07, 6.45) is 5.70. The number of benzene rings is 2. The van der Waals surface area contributed by atoms with Gasteiger partial charge in [-0.3, -0.25) is 4.79 Å². The third-order valence-corrected chi connectivity index (χ3v) is 8.26. The van der Waals surface area contributed by atoms with E-state index in [1.165, 1.54) is 29.5 Å². The van der Waals surface area contributed by atoms with Crippen molar-refractivity contribution >= 4 is 43.2 Å². The van der Waals surface area contributed by atoms with Crippen molar-refractivity contribution < 1.29 is 4.79 Å². The minimum absolute atomic E-state index is 0.167. The van der Waals surface area contributed by atoms with Gasteiger partial charge in [0.25, 0.3) is 0 Å². The van der Waals surface area contributed by atoms with Crippen LogP contribution in [0.25, 0.3) is 5.57 Å². The van der Waals surface area contributed by atoms with E-state index in [2.05, 4.69) is 77.8 Å². The van der Waals surface area contributed by atoms with Crippen molar-refractivity contribution in [1.82, 2.24) is 0 Å². The van der Waals surface area contributed by atoms with Crippen molar-refractivity contribution in [3.63, 3.8) is 0 Å². The average molecular weight is 516 g/mol. The SMILES string of the molecule is CC1(C)CCC(C)(C)c2cc(C3CC(=O)C=C(c4ccccc4Br)C3)c(Br)cc21. The Labute approximate surface area is 191 Å². The third-order valence-electron chi connectivity index (χ3n) is 6.88. The van der Waals surface area contributed by atoms with Gasteiger partial charge in [0, 0.05) is 15.4 Å². The zero-order valence-corrected chi connectivity index (χ0v) is 20.8. The summed E-state index contributed by atoms with van der Waals surface area (Å²) >= 11 is 7.53.